The van der Waals surface area contributed by atoms with Crippen molar-refractivity contribution in [1.82, 2.24) is 24.1 Å². The van der Waals surface area contributed by atoms with E-state index in [0.29, 0.717) is 46.2 Å². The average molecular weight is 418 g/mol. The fourth-order valence-electron chi connectivity index (χ4n) is 3.79. The average Bonchev–Trinajstić information content (AvgIpc) is 3.03. The predicted octanol–water partition coefficient (Wildman–Crippen LogP) is 4.65. The van der Waals surface area contributed by atoms with Gasteiger partial charge in [-0.1, -0.05) is 49.7 Å². The van der Waals surface area contributed by atoms with E-state index in [-0.39, 0.29) is 5.56 Å². The second-order valence-electron chi connectivity index (χ2n) is 7.89. The van der Waals surface area contributed by atoms with Crippen molar-refractivity contribution in [2.75, 3.05) is 0 Å². The third-order valence-corrected chi connectivity index (χ3v) is 5.39. The van der Waals surface area contributed by atoms with Crippen LogP contribution in [0.2, 0.25) is 5.02 Å². The van der Waals surface area contributed by atoms with Crippen molar-refractivity contribution in [3.05, 3.63) is 75.8 Å². The van der Waals surface area contributed by atoms with Crippen molar-refractivity contribution < 1.29 is 0 Å². The molecule has 0 saturated heterocycles. The van der Waals surface area contributed by atoms with Gasteiger partial charge in [0.05, 0.1) is 23.9 Å². The first-order valence-corrected chi connectivity index (χ1v) is 10.3. The molecule has 0 amide bonds. The van der Waals surface area contributed by atoms with E-state index < -0.39 is 0 Å². The zero-order valence-electron chi connectivity index (χ0n) is 16.7. The van der Waals surface area contributed by atoms with Crippen LogP contribution < -0.4 is 5.56 Å². The molecule has 3 aromatic heterocycles. The second kappa shape index (κ2) is 7.22. The molecular weight excluding hydrogens is 398 g/mol. The highest BCUT2D eigenvalue weighted by Crippen LogP contribution is 2.26. The minimum Gasteiger partial charge on any atom is -0.304 e. The molecule has 0 radical (unpaired) electrons. The van der Waals surface area contributed by atoms with Gasteiger partial charge in [0.15, 0.2) is 11.3 Å². The normalized spacial score (nSPS) is 11.9. The van der Waals surface area contributed by atoms with Gasteiger partial charge in [-0.3, -0.25) is 9.36 Å². The first-order valence-electron chi connectivity index (χ1n) is 9.90. The molecule has 6 nitrogen and oxygen atoms in total. The zero-order chi connectivity index (χ0) is 20.8. The van der Waals surface area contributed by atoms with Crippen LogP contribution in [0, 0.1) is 5.92 Å². The fraction of sp³-hybridized carbons (Fsp3) is 0.217. The lowest BCUT2D eigenvalue weighted by atomic mass is 10.2. The Morgan fingerprint density at radius 1 is 0.967 bits per heavy atom. The molecular formula is C23H20ClN5O. The monoisotopic (exact) mass is 417 g/mol. The number of hydrogen-bond acceptors (Lipinski definition) is 4. The van der Waals surface area contributed by atoms with E-state index >= 15 is 0 Å². The lowest BCUT2D eigenvalue weighted by molar-refractivity contribution is 0.508. The number of fused-ring (bicyclic) bond motifs is 4. The highest BCUT2D eigenvalue weighted by atomic mass is 35.5. The SMILES string of the molecule is CC(C)Cn1cnc2c(c1=O)c1nc3ccccc3nc1n2Cc1ccc(Cl)cc1. The van der Waals surface area contributed by atoms with Gasteiger partial charge in [0.25, 0.3) is 5.56 Å². The molecule has 0 spiro atoms. The lowest BCUT2D eigenvalue weighted by Gasteiger charge is -2.09. The number of benzene rings is 2. The molecule has 5 rings (SSSR count). The molecule has 30 heavy (non-hydrogen) atoms. The minimum absolute atomic E-state index is 0.0851. The molecule has 0 N–H and O–H groups in total. The summed E-state index contributed by atoms with van der Waals surface area (Å²) in [6.07, 6.45) is 1.63. The van der Waals surface area contributed by atoms with Crippen molar-refractivity contribution in [2.45, 2.75) is 26.9 Å². The van der Waals surface area contributed by atoms with E-state index in [9.17, 15) is 4.79 Å². The summed E-state index contributed by atoms with van der Waals surface area (Å²) in [5.74, 6) is 0.330. The quantitative estimate of drug-likeness (QED) is 0.427. The van der Waals surface area contributed by atoms with E-state index in [4.69, 9.17) is 21.6 Å². The van der Waals surface area contributed by atoms with Crippen LogP contribution in [0.4, 0.5) is 0 Å². The van der Waals surface area contributed by atoms with E-state index in [2.05, 4.69) is 18.8 Å². The summed E-state index contributed by atoms with van der Waals surface area (Å²) in [6, 6.07) is 15.3. The van der Waals surface area contributed by atoms with Gasteiger partial charge in [-0.25, -0.2) is 15.0 Å². The standard InChI is InChI=1S/C23H20ClN5O/c1-14(2)11-28-13-25-21-19(23(28)30)20-22(27-18-6-4-3-5-17(18)26-20)29(21)12-15-7-9-16(24)10-8-15/h3-10,13-14H,11-12H2,1-2H3. The van der Waals surface area contributed by atoms with Crippen LogP contribution in [0.3, 0.4) is 0 Å². The van der Waals surface area contributed by atoms with Gasteiger partial charge in [0, 0.05) is 11.6 Å². The Morgan fingerprint density at radius 3 is 2.37 bits per heavy atom. The number of para-hydroxylation sites is 2. The highest BCUT2D eigenvalue weighted by Gasteiger charge is 2.20. The maximum atomic E-state index is 13.3. The summed E-state index contributed by atoms with van der Waals surface area (Å²) in [7, 11) is 0. The largest absolute Gasteiger partial charge is 0.304 e. The van der Waals surface area contributed by atoms with Gasteiger partial charge < -0.3 is 4.57 Å². The van der Waals surface area contributed by atoms with Gasteiger partial charge >= 0.3 is 0 Å². The molecule has 2 aromatic carbocycles. The summed E-state index contributed by atoms with van der Waals surface area (Å²) in [5.41, 5.74) is 4.35. The number of aromatic nitrogens is 5. The van der Waals surface area contributed by atoms with Crippen molar-refractivity contribution >= 4 is 44.8 Å². The van der Waals surface area contributed by atoms with Gasteiger partial charge in [-0.2, -0.15) is 0 Å². The van der Waals surface area contributed by atoms with Crippen molar-refractivity contribution in [1.29, 1.82) is 0 Å². The van der Waals surface area contributed by atoms with Crippen molar-refractivity contribution in [3.63, 3.8) is 0 Å². The number of halogens is 1. The van der Waals surface area contributed by atoms with Gasteiger partial charge in [-0.05, 0) is 35.7 Å². The van der Waals surface area contributed by atoms with E-state index in [1.54, 1.807) is 10.9 Å². The van der Waals surface area contributed by atoms with Crippen LogP contribution in [0.5, 0.6) is 0 Å². The third-order valence-electron chi connectivity index (χ3n) is 5.13. The molecule has 5 aromatic rings. The Hall–Kier alpha value is -3.25. The Morgan fingerprint density at radius 2 is 1.67 bits per heavy atom. The molecule has 0 unspecified atom stereocenters. The summed E-state index contributed by atoms with van der Waals surface area (Å²) in [6.45, 7) is 5.28. The topological polar surface area (TPSA) is 65.6 Å². The molecule has 150 valence electrons. The van der Waals surface area contributed by atoms with Crippen LogP contribution in [0.25, 0.3) is 33.2 Å². The van der Waals surface area contributed by atoms with Crippen LogP contribution in [0.1, 0.15) is 19.4 Å². The van der Waals surface area contributed by atoms with Gasteiger partial charge in [0.1, 0.15) is 10.9 Å². The molecule has 7 heteroatoms. The number of hydrogen-bond donors (Lipinski definition) is 0. The molecule has 0 saturated carbocycles. The molecule has 0 fully saturated rings. The van der Waals surface area contributed by atoms with E-state index in [0.717, 1.165) is 16.6 Å². The summed E-state index contributed by atoms with van der Waals surface area (Å²) in [4.78, 5) is 27.7. The molecule has 0 aliphatic rings. The first-order chi connectivity index (χ1) is 14.5. The number of rotatable bonds is 4. The molecule has 0 bridgehead atoms. The smallest absolute Gasteiger partial charge is 0.265 e. The van der Waals surface area contributed by atoms with E-state index in [1.807, 2.05) is 53.1 Å². The minimum atomic E-state index is -0.0851. The fourth-order valence-corrected chi connectivity index (χ4v) is 3.91. The van der Waals surface area contributed by atoms with E-state index in [1.165, 1.54) is 0 Å². The lowest BCUT2D eigenvalue weighted by Crippen LogP contribution is -2.23. The Kier molecular flexibility index (Phi) is 4.51. The molecule has 3 heterocycles. The van der Waals surface area contributed by atoms with Crippen molar-refractivity contribution in [2.24, 2.45) is 5.92 Å². The summed E-state index contributed by atoms with van der Waals surface area (Å²) >= 11 is 6.04. The molecule has 0 atom stereocenters. The van der Waals surface area contributed by atoms with Crippen LogP contribution in [-0.2, 0) is 13.1 Å². The predicted molar refractivity (Wildman–Crippen MR) is 120 cm³/mol. The zero-order valence-corrected chi connectivity index (χ0v) is 17.5. The first kappa shape index (κ1) is 18.8. The molecule has 0 aliphatic heterocycles. The van der Waals surface area contributed by atoms with Gasteiger partial charge in [0.2, 0.25) is 0 Å². The summed E-state index contributed by atoms with van der Waals surface area (Å²) < 4.78 is 3.63. The third kappa shape index (κ3) is 3.13. The van der Waals surface area contributed by atoms with Gasteiger partial charge in [-0.15, -0.1) is 0 Å². The summed E-state index contributed by atoms with van der Waals surface area (Å²) in [5, 5.41) is 1.20. The van der Waals surface area contributed by atoms with Crippen molar-refractivity contribution in [3.8, 4) is 0 Å². The molecule has 0 aliphatic carbocycles. The maximum absolute atomic E-state index is 13.3. The van der Waals surface area contributed by atoms with Crippen LogP contribution >= 0.6 is 11.6 Å². The Labute approximate surface area is 177 Å². The highest BCUT2D eigenvalue weighted by molar-refractivity contribution is 6.30. The van der Waals surface area contributed by atoms with Crippen LogP contribution in [-0.4, -0.2) is 24.1 Å². The second-order valence-corrected chi connectivity index (χ2v) is 8.33. The Bertz CT molecular complexity index is 1450. The van der Waals surface area contributed by atoms with Crippen LogP contribution in [0.15, 0.2) is 59.7 Å². The number of nitrogens with zero attached hydrogens (tertiary/aromatic N) is 5. The maximum Gasteiger partial charge on any atom is 0.265 e. The Balaban J connectivity index is 1.83.